The molecule has 80 valence electrons. The second-order valence-electron chi connectivity index (χ2n) is 2.75. The van der Waals surface area contributed by atoms with Crippen LogP contribution < -0.4 is 0 Å². The Kier molecular flexibility index (Phi) is 3.41. The van der Waals surface area contributed by atoms with Crippen LogP contribution in [0.1, 0.15) is 18.7 Å². The first kappa shape index (κ1) is 11.4. The summed E-state index contributed by atoms with van der Waals surface area (Å²) in [5.41, 5.74) is 0. The van der Waals surface area contributed by atoms with Crippen LogP contribution in [-0.4, -0.2) is 21.7 Å². The van der Waals surface area contributed by atoms with E-state index >= 15 is 0 Å². The monoisotopic (exact) mass is 226 g/mol. The Morgan fingerprint density at radius 1 is 1.43 bits per heavy atom. The fourth-order valence-corrected chi connectivity index (χ4v) is 1.09. The Labute approximate surface area is 83.1 Å². The van der Waals surface area contributed by atoms with Gasteiger partial charge in [0.1, 0.15) is 0 Å². The van der Waals surface area contributed by atoms with Crippen molar-refractivity contribution in [3.63, 3.8) is 0 Å². The van der Waals surface area contributed by atoms with Gasteiger partial charge in [0.05, 0.1) is 0 Å². The zero-order valence-corrected chi connectivity index (χ0v) is 8.45. The molecule has 1 rings (SSSR count). The van der Waals surface area contributed by atoms with Gasteiger partial charge >= 0.3 is 12.1 Å². The average Bonchev–Trinajstić information content (AvgIpc) is 2.51. The van der Waals surface area contributed by atoms with Gasteiger partial charge in [-0.25, -0.2) is 0 Å². The number of thioether (sulfide) groups is 1. The van der Waals surface area contributed by atoms with E-state index in [4.69, 9.17) is 0 Å². The van der Waals surface area contributed by atoms with Crippen molar-refractivity contribution in [3.8, 4) is 0 Å². The Balaban J connectivity index is 2.69. The molecule has 1 atom stereocenters. The number of halogens is 3. The molecule has 0 saturated heterocycles. The summed E-state index contributed by atoms with van der Waals surface area (Å²) in [6, 6.07) is 0. The fraction of sp³-hybridized carbons (Fsp3) is 0.714. The number of hydrogen-bond acceptors (Lipinski definition) is 4. The molecule has 1 aromatic rings. The molecule has 1 heterocycles. The maximum absolute atomic E-state index is 12.0. The summed E-state index contributed by atoms with van der Waals surface area (Å²) in [7, 11) is 0. The predicted octanol–water partition coefficient (Wildman–Crippen LogP) is 2.38. The maximum Gasteiger partial charge on any atom is 0.470 e. The molecule has 0 radical (unpaired) electrons. The lowest BCUT2D eigenvalue weighted by Crippen LogP contribution is -2.04. The Morgan fingerprint density at radius 2 is 2.07 bits per heavy atom. The summed E-state index contributed by atoms with van der Waals surface area (Å²) in [5, 5.41) is 6.41. The van der Waals surface area contributed by atoms with E-state index in [1.807, 2.05) is 13.2 Å². The zero-order valence-electron chi connectivity index (χ0n) is 7.63. The second-order valence-corrected chi connectivity index (χ2v) is 4.03. The lowest BCUT2D eigenvalue weighted by Gasteiger charge is -2.02. The van der Waals surface area contributed by atoms with E-state index in [1.165, 1.54) is 11.8 Å². The molecule has 0 fully saturated rings. The van der Waals surface area contributed by atoms with E-state index in [0.29, 0.717) is 6.42 Å². The predicted molar refractivity (Wildman–Crippen MR) is 46.0 cm³/mol. The summed E-state index contributed by atoms with van der Waals surface area (Å²) in [4.78, 5) is 0. The van der Waals surface area contributed by atoms with Crippen LogP contribution in [0.5, 0.6) is 0 Å². The van der Waals surface area contributed by atoms with Crippen molar-refractivity contribution >= 4 is 11.8 Å². The molecular weight excluding hydrogens is 217 g/mol. The summed E-state index contributed by atoms with van der Waals surface area (Å²) < 4.78 is 40.5. The Bertz CT molecular complexity index is 299. The van der Waals surface area contributed by atoms with Crippen LogP contribution in [0.15, 0.2) is 4.42 Å². The van der Waals surface area contributed by atoms with Gasteiger partial charge < -0.3 is 4.42 Å². The highest BCUT2D eigenvalue weighted by Gasteiger charge is 2.38. The van der Waals surface area contributed by atoms with Gasteiger partial charge in [0.25, 0.3) is 0 Å². The lowest BCUT2D eigenvalue weighted by atomic mass is 10.3. The van der Waals surface area contributed by atoms with Crippen LogP contribution in [0, 0.1) is 0 Å². The smallest absolute Gasteiger partial charge is 0.417 e. The molecule has 7 heteroatoms. The third kappa shape index (κ3) is 2.90. The molecule has 0 bridgehead atoms. The Hall–Kier alpha value is -0.720. The lowest BCUT2D eigenvalue weighted by molar-refractivity contribution is -0.157. The molecule has 0 aliphatic rings. The van der Waals surface area contributed by atoms with Crippen molar-refractivity contribution in [2.24, 2.45) is 0 Å². The van der Waals surface area contributed by atoms with E-state index < -0.39 is 12.1 Å². The van der Waals surface area contributed by atoms with E-state index in [-0.39, 0.29) is 11.1 Å². The van der Waals surface area contributed by atoms with Crippen LogP contribution in [0.4, 0.5) is 13.2 Å². The standard InChI is InChI=1S/C7H9F3N2OS/c1-4(14-2)3-5-11-12-6(13-5)7(8,9)10/h4H,3H2,1-2H3. The minimum absolute atomic E-state index is 0.0270. The first-order chi connectivity index (χ1) is 6.43. The first-order valence-corrected chi connectivity index (χ1v) is 5.14. The molecule has 3 nitrogen and oxygen atoms in total. The van der Waals surface area contributed by atoms with Crippen LogP contribution in [-0.2, 0) is 12.6 Å². The summed E-state index contributed by atoms with van der Waals surface area (Å²) >= 11 is 1.53. The van der Waals surface area contributed by atoms with Crippen molar-refractivity contribution in [1.82, 2.24) is 10.2 Å². The minimum atomic E-state index is -4.55. The highest BCUT2D eigenvalue weighted by atomic mass is 32.2. The van der Waals surface area contributed by atoms with Crippen LogP contribution in [0.3, 0.4) is 0 Å². The molecule has 0 N–H and O–H groups in total. The topological polar surface area (TPSA) is 38.9 Å². The Morgan fingerprint density at radius 3 is 2.50 bits per heavy atom. The quantitative estimate of drug-likeness (QED) is 0.793. The summed E-state index contributed by atoms with van der Waals surface area (Å²) in [6.07, 6.45) is -2.33. The van der Waals surface area contributed by atoms with Crippen molar-refractivity contribution in [1.29, 1.82) is 0 Å². The molecule has 0 spiro atoms. The average molecular weight is 226 g/mol. The van der Waals surface area contributed by atoms with Gasteiger partial charge in [0, 0.05) is 11.7 Å². The van der Waals surface area contributed by atoms with Crippen LogP contribution in [0.2, 0.25) is 0 Å². The van der Waals surface area contributed by atoms with E-state index in [1.54, 1.807) is 0 Å². The van der Waals surface area contributed by atoms with E-state index in [9.17, 15) is 13.2 Å². The fourth-order valence-electron chi connectivity index (χ4n) is 0.780. The van der Waals surface area contributed by atoms with Gasteiger partial charge in [0.2, 0.25) is 5.89 Å². The highest BCUT2D eigenvalue weighted by molar-refractivity contribution is 7.99. The maximum atomic E-state index is 12.0. The van der Waals surface area contributed by atoms with Crippen LogP contribution in [0.25, 0.3) is 0 Å². The second kappa shape index (κ2) is 4.20. The highest BCUT2D eigenvalue weighted by Crippen LogP contribution is 2.28. The van der Waals surface area contributed by atoms with Gasteiger partial charge in [-0.05, 0) is 6.26 Å². The first-order valence-electron chi connectivity index (χ1n) is 3.86. The summed E-state index contributed by atoms with van der Waals surface area (Å²) in [6.45, 7) is 1.88. The minimum Gasteiger partial charge on any atom is -0.417 e. The molecule has 0 aliphatic heterocycles. The summed E-state index contributed by atoms with van der Waals surface area (Å²) in [5.74, 6) is -1.25. The number of hydrogen-bond donors (Lipinski definition) is 0. The molecular formula is C7H9F3N2OS. The number of nitrogens with zero attached hydrogens (tertiary/aromatic N) is 2. The van der Waals surface area contributed by atoms with E-state index in [0.717, 1.165) is 0 Å². The molecule has 1 unspecified atom stereocenters. The van der Waals surface area contributed by atoms with Crippen molar-refractivity contribution in [3.05, 3.63) is 11.8 Å². The number of aromatic nitrogens is 2. The normalized spacial score (nSPS) is 14.4. The zero-order chi connectivity index (χ0) is 10.8. The van der Waals surface area contributed by atoms with Crippen molar-refractivity contribution < 1.29 is 17.6 Å². The largest absolute Gasteiger partial charge is 0.470 e. The van der Waals surface area contributed by atoms with E-state index in [2.05, 4.69) is 14.6 Å². The molecule has 0 amide bonds. The van der Waals surface area contributed by atoms with Gasteiger partial charge in [-0.1, -0.05) is 6.92 Å². The molecule has 14 heavy (non-hydrogen) atoms. The molecule has 1 aromatic heterocycles. The van der Waals surface area contributed by atoms with Gasteiger partial charge in [-0.3, -0.25) is 0 Å². The third-order valence-corrected chi connectivity index (χ3v) is 2.55. The van der Waals surface area contributed by atoms with Gasteiger partial charge in [0.15, 0.2) is 0 Å². The third-order valence-electron chi connectivity index (χ3n) is 1.57. The molecule has 0 aromatic carbocycles. The number of rotatable bonds is 3. The molecule has 0 saturated carbocycles. The van der Waals surface area contributed by atoms with Crippen LogP contribution >= 0.6 is 11.8 Å². The van der Waals surface area contributed by atoms with Crippen molar-refractivity contribution in [2.45, 2.75) is 24.8 Å². The SMILES string of the molecule is CSC(C)Cc1nnc(C(F)(F)F)o1. The number of alkyl halides is 3. The molecule has 0 aliphatic carbocycles. The van der Waals surface area contributed by atoms with Crippen molar-refractivity contribution in [2.75, 3.05) is 6.26 Å². The van der Waals surface area contributed by atoms with Gasteiger partial charge in [-0.15, -0.1) is 10.2 Å². The van der Waals surface area contributed by atoms with Gasteiger partial charge in [-0.2, -0.15) is 24.9 Å².